The largest absolute Gasteiger partial charge is 0.469 e. The van der Waals surface area contributed by atoms with Crippen molar-refractivity contribution in [3.05, 3.63) is 17.0 Å². The molecule has 0 amide bonds. The minimum absolute atomic E-state index is 0.00111. The molecule has 17 heavy (non-hydrogen) atoms. The van der Waals surface area contributed by atoms with Gasteiger partial charge >= 0.3 is 5.97 Å². The van der Waals surface area contributed by atoms with Crippen LogP contribution in [0.15, 0.2) is 4.52 Å². The SMILES string of the molecule is COC(=O)[C@H]1[C@@H](Cc2c(C)noc2C)C1(C)C. The summed E-state index contributed by atoms with van der Waals surface area (Å²) in [7, 11) is 1.45. The highest BCUT2D eigenvalue weighted by Gasteiger charge is 2.62. The Balaban J connectivity index is 2.14. The molecule has 1 aliphatic carbocycles. The second-order valence-electron chi connectivity index (χ2n) is 5.44. The third kappa shape index (κ3) is 1.85. The van der Waals surface area contributed by atoms with E-state index in [4.69, 9.17) is 9.26 Å². The fourth-order valence-corrected chi connectivity index (χ4v) is 2.73. The summed E-state index contributed by atoms with van der Waals surface area (Å²) in [6.07, 6.45) is 0.841. The van der Waals surface area contributed by atoms with Crippen LogP contribution in [0.5, 0.6) is 0 Å². The molecule has 0 spiro atoms. The number of aromatic nitrogens is 1. The van der Waals surface area contributed by atoms with Crippen LogP contribution in [0.4, 0.5) is 0 Å². The predicted molar refractivity (Wildman–Crippen MR) is 62.5 cm³/mol. The molecule has 0 radical (unpaired) electrons. The van der Waals surface area contributed by atoms with Crippen LogP contribution >= 0.6 is 0 Å². The summed E-state index contributed by atoms with van der Waals surface area (Å²) < 4.78 is 9.99. The maximum Gasteiger partial charge on any atom is 0.309 e. The second kappa shape index (κ2) is 3.86. The first-order valence-corrected chi connectivity index (χ1v) is 5.89. The van der Waals surface area contributed by atoms with Gasteiger partial charge in [-0.3, -0.25) is 4.79 Å². The Hall–Kier alpha value is -1.32. The summed E-state index contributed by atoms with van der Waals surface area (Å²) in [5.41, 5.74) is 2.08. The summed E-state index contributed by atoms with van der Waals surface area (Å²) >= 11 is 0. The molecule has 94 valence electrons. The van der Waals surface area contributed by atoms with E-state index in [0.29, 0.717) is 5.92 Å². The lowest BCUT2D eigenvalue weighted by Crippen LogP contribution is -2.07. The number of rotatable bonds is 3. The number of carbonyl (C=O) groups is 1. The van der Waals surface area contributed by atoms with E-state index < -0.39 is 0 Å². The molecule has 1 heterocycles. The van der Waals surface area contributed by atoms with Crippen LogP contribution in [-0.2, 0) is 16.0 Å². The summed E-state index contributed by atoms with van der Waals surface area (Å²) in [5.74, 6) is 1.08. The molecule has 1 aromatic rings. The Morgan fingerprint density at radius 1 is 1.47 bits per heavy atom. The van der Waals surface area contributed by atoms with Gasteiger partial charge in [0, 0.05) is 5.56 Å². The molecule has 1 saturated carbocycles. The highest BCUT2D eigenvalue weighted by Crippen LogP contribution is 2.60. The number of hydrogen-bond acceptors (Lipinski definition) is 4. The highest BCUT2D eigenvalue weighted by molar-refractivity contribution is 5.77. The third-order valence-electron chi connectivity index (χ3n) is 4.11. The van der Waals surface area contributed by atoms with Gasteiger partial charge in [0.05, 0.1) is 18.7 Å². The van der Waals surface area contributed by atoms with Crippen molar-refractivity contribution in [1.29, 1.82) is 0 Å². The van der Waals surface area contributed by atoms with Gasteiger partial charge < -0.3 is 9.26 Å². The van der Waals surface area contributed by atoms with Gasteiger partial charge in [-0.1, -0.05) is 19.0 Å². The van der Waals surface area contributed by atoms with Gasteiger partial charge in [0.1, 0.15) is 5.76 Å². The van der Waals surface area contributed by atoms with Gasteiger partial charge in [0.2, 0.25) is 0 Å². The van der Waals surface area contributed by atoms with Gasteiger partial charge in [-0.15, -0.1) is 0 Å². The molecule has 2 atom stereocenters. The zero-order chi connectivity index (χ0) is 12.8. The summed E-state index contributed by atoms with van der Waals surface area (Å²) in [6.45, 7) is 8.07. The van der Waals surface area contributed by atoms with E-state index >= 15 is 0 Å². The summed E-state index contributed by atoms with van der Waals surface area (Å²) in [4.78, 5) is 11.6. The lowest BCUT2D eigenvalue weighted by molar-refractivity contribution is -0.143. The summed E-state index contributed by atoms with van der Waals surface area (Å²) in [5, 5.41) is 3.94. The topological polar surface area (TPSA) is 52.3 Å². The Morgan fingerprint density at radius 3 is 2.59 bits per heavy atom. The number of hydrogen-bond donors (Lipinski definition) is 0. The first-order valence-electron chi connectivity index (χ1n) is 5.89. The maximum atomic E-state index is 11.6. The van der Waals surface area contributed by atoms with E-state index in [1.807, 2.05) is 13.8 Å². The minimum Gasteiger partial charge on any atom is -0.469 e. The van der Waals surface area contributed by atoms with Crippen molar-refractivity contribution in [2.24, 2.45) is 17.3 Å². The summed E-state index contributed by atoms with van der Waals surface area (Å²) in [6, 6.07) is 0. The van der Waals surface area contributed by atoms with E-state index in [0.717, 1.165) is 23.4 Å². The number of nitrogens with zero attached hydrogens (tertiary/aromatic N) is 1. The number of aryl methyl sites for hydroxylation is 2. The molecule has 0 bridgehead atoms. The van der Waals surface area contributed by atoms with E-state index in [1.54, 1.807) is 0 Å². The molecule has 4 heteroatoms. The van der Waals surface area contributed by atoms with Crippen molar-refractivity contribution in [2.45, 2.75) is 34.1 Å². The zero-order valence-electron chi connectivity index (χ0n) is 11.0. The monoisotopic (exact) mass is 237 g/mol. The van der Waals surface area contributed by atoms with Crippen LogP contribution in [0.1, 0.15) is 30.9 Å². The lowest BCUT2D eigenvalue weighted by atomic mass is 10.0. The highest BCUT2D eigenvalue weighted by atomic mass is 16.5. The molecular formula is C13H19NO3. The quantitative estimate of drug-likeness (QED) is 0.757. The molecule has 0 aromatic carbocycles. The molecule has 1 fully saturated rings. The first-order chi connectivity index (χ1) is 7.89. The molecule has 2 rings (SSSR count). The average molecular weight is 237 g/mol. The Labute approximate surface area is 101 Å². The van der Waals surface area contributed by atoms with E-state index in [-0.39, 0.29) is 17.3 Å². The zero-order valence-corrected chi connectivity index (χ0v) is 11.0. The van der Waals surface area contributed by atoms with Crippen LogP contribution in [-0.4, -0.2) is 18.2 Å². The van der Waals surface area contributed by atoms with Gasteiger partial charge in [-0.2, -0.15) is 0 Å². The minimum atomic E-state index is -0.105. The van der Waals surface area contributed by atoms with Crippen LogP contribution in [0, 0.1) is 31.1 Å². The van der Waals surface area contributed by atoms with Gasteiger partial charge in [-0.25, -0.2) is 0 Å². The molecule has 4 nitrogen and oxygen atoms in total. The van der Waals surface area contributed by atoms with Crippen molar-refractivity contribution < 1.29 is 14.1 Å². The fourth-order valence-electron chi connectivity index (χ4n) is 2.73. The van der Waals surface area contributed by atoms with E-state index in [2.05, 4.69) is 19.0 Å². The smallest absolute Gasteiger partial charge is 0.309 e. The van der Waals surface area contributed by atoms with Crippen molar-refractivity contribution in [2.75, 3.05) is 7.11 Å². The number of ether oxygens (including phenoxy) is 1. The third-order valence-corrected chi connectivity index (χ3v) is 4.11. The normalized spacial score (nSPS) is 25.7. The number of carbonyl (C=O) groups excluding carboxylic acids is 1. The first kappa shape index (κ1) is 12.1. The molecule has 0 N–H and O–H groups in total. The molecule has 0 aliphatic heterocycles. The molecule has 1 aliphatic rings. The van der Waals surface area contributed by atoms with E-state index in [9.17, 15) is 4.79 Å². The van der Waals surface area contributed by atoms with Crippen molar-refractivity contribution in [1.82, 2.24) is 5.16 Å². The number of esters is 1. The van der Waals surface area contributed by atoms with Crippen LogP contribution in [0.25, 0.3) is 0 Å². The van der Waals surface area contributed by atoms with Gasteiger partial charge in [-0.05, 0) is 31.6 Å². The van der Waals surface area contributed by atoms with Crippen molar-refractivity contribution >= 4 is 5.97 Å². The Kier molecular flexibility index (Phi) is 2.76. The average Bonchev–Trinajstić information content (AvgIpc) is 2.67. The standard InChI is InChI=1S/C13H19NO3/c1-7-9(8(2)17-14-7)6-10-11(12(15)16-5)13(10,3)4/h10-11H,6H2,1-5H3/t10-,11-/m1/s1. The Morgan fingerprint density at radius 2 is 2.12 bits per heavy atom. The van der Waals surface area contributed by atoms with Crippen LogP contribution < -0.4 is 0 Å². The fraction of sp³-hybridized carbons (Fsp3) is 0.692. The van der Waals surface area contributed by atoms with Crippen molar-refractivity contribution in [3.8, 4) is 0 Å². The molecule has 0 unspecified atom stereocenters. The molecule has 0 saturated heterocycles. The van der Waals surface area contributed by atoms with Crippen molar-refractivity contribution in [3.63, 3.8) is 0 Å². The Bertz CT molecular complexity index is 428. The van der Waals surface area contributed by atoms with Gasteiger partial charge in [0.25, 0.3) is 0 Å². The number of methoxy groups -OCH3 is 1. The maximum absolute atomic E-state index is 11.6. The second-order valence-corrected chi connectivity index (χ2v) is 5.44. The van der Waals surface area contributed by atoms with Crippen LogP contribution in [0.2, 0.25) is 0 Å². The van der Waals surface area contributed by atoms with Crippen LogP contribution in [0.3, 0.4) is 0 Å². The lowest BCUT2D eigenvalue weighted by Gasteiger charge is -2.01. The predicted octanol–water partition coefficient (Wildman–Crippen LogP) is 2.28. The molecular weight excluding hydrogens is 218 g/mol. The molecule has 1 aromatic heterocycles. The van der Waals surface area contributed by atoms with Gasteiger partial charge in [0.15, 0.2) is 0 Å². The van der Waals surface area contributed by atoms with E-state index in [1.165, 1.54) is 7.11 Å².